The molecule has 0 saturated carbocycles. The second-order valence-corrected chi connectivity index (χ2v) is 7.33. The molecule has 0 spiro atoms. The van der Waals surface area contributed by atoms with Gasteiger partial charge in [-0.3, -0.25) is 0 Å². The predicted molar refractivity (Wildman–Crippen MR) is 65.4 cm³/mol. The molecule has 0 aromatic rings. The molecule has 0 amide bonds. The molecule has 3 atom stereocenters. The first kappa shape index (κ1) is 11.9. The number of piperidine rings is 2. The fraction of sp³-hybridized carbons (Fsp3) is 1.00. The molecule has 0 aromatic heterocycles. The number of fused-ring (bicyclic) bond motifs is 1. The number of hydrogen-bond acceptors (Lipinski definition) is 1. The Balaban J connectivity index is 1.95. The van der Waals surface area contributed by atoms with Gasteiger partial charge in [0.15, 0.2) is 0 Å². The molecule has 2 unspecified atom stereocenters. The molecular weight excluding hydrogens is 214 g/mol. The lowest BCUT2D eigenvalue weighted by molar-refractivity contribution is -0.926. The maximum absolute atomic E-state index is 11.3. The van der Waals surface area contributed by atoms with Gasteiger partial charge in [-0.1, -0.05) is 0 Å². The summed E-state index contributed by atoms with van der Waals surface area (Å²) in [7, 11) is 4.33. The molecule has 4 heterocycles. The van der Waals surface area contributed by atoms with Gasteiger partial charge in [0.1, 0.15) is 30.7 Å². The fourth-order valence-corrected chi connectivity index (χ4v) is 4.85. The molecular formula is C13H28N3O+3. The highest BCUT2D eigenvalue weighted by atomic mass is 16.3. The van der Waals surface area contributed by atoms with Gasteiger partial charge >= 0.3 is 0 Å². The van der Waals surface area contributed by atoms with E-state index in [1.54, 1.807) is 9.80 Å². The molecule has 4 saturated heterocycles. The zero-order valence-electron chi connectivity index (χ0n) is 11.5. The number of hydrogen-bond donors (Lipinski definition) is 4. The molecule has 4 nitrogen and oxygen atoms in total. The first-order chi connectivity index (χ1) is 7.93. The normalized spacial score (nSPS) is 53.1. The highest BCUT2D eigenvalue weighted by Gasteiger charge is 2.66. The third kappa shape index (κ3) is 1.65. The van der Waals surface area contributed by atoms with Gasteiger partial charge < -0.3 is 19.8 Å². The number of quaternary nitrogens is 3. The third-order valence-electron chi connectivity index (χ3n) is 5.53. The topological polar surface area (TPSA) is 33.6 Å². The minimum Gasteiger partial charge on any atom is -0.382 e. The van der Waals surface area contributed by atoms with Crippen LogP contribution in [0.15, 0.2) is 0 Å². The van der Waals surface area contributed by atoms with Gasteiger partial charge in [0, 0.05) is 0 Å². The average Bonchev–Trinajstić information content (AvgIpc) is 2.42. The van der Waals surface area contributed by atoms with Crippen LogP contribution in [-0.4, -0.2) is 70.6 Å². The van der Waals surface area contributed by atoms with E-state index in [0.29, 0.717) is 5.92 Å². The number of aliphatic hydroxyl groups is 1. The third-order valence-corrected chi connectivity index (χ3v) is 5.53. The van der Waals surface area contributed by atoms with Crippen LogP contribution in [-0.2, 0) is 0 Å². The summed E-state index contributed by atoms with van der Waals surface area (Å²) in [6.07, 6.45) is 0. The Morgan fingerprint density at radius 3 is 2.12 bits per heavy atom. The highest BCUT2D eigenvalue weighted by molar-refractivity contribution is 5.04. The number of rotatable bonds is 2. The molecule has 4 aliphatic rings. The summed E-state index contributed by atoms with van der Waals surface area (Å²) in [4.78, 5) is 4.86. The quantitative estimate of drug-likeness (QED) is 0.386. The van der Waals surface area contributed by atoms with Crippen molar-refractivity contribution in [3.05, 3.63) is 0 Å². The maximum Gasteiger partial charge on any atom is 0.143 e. The van der Waals surface area contributed by atoms with Gasteiger partial charge in [0.05, 0.1) is 46.2 Å². The van der Waals surface area contributed by atoms with Gasteiger partial charge in [0.2, 0.25) is 0 Å². The summed E-state index contributed by atoms with van der Waals surface area (Å²) in [6.45, 7) is 10.6. The van der Waals surface area contributed by atoms with Crippen LogP contribution in [0.1, 0.15) is 6.92 Å². The van der Waals surface area contributed by atoms with Crippen molar-refractivity contribution in [1.29, 1.82) is 0 Å². The van der Waals surface area contributed by atoms with E-state index in [4.69, 9.17) is 0 Å². The van der Waals surface area contributed by atoms with E-state index >= 15 is 0 Å². The molecule has 4 heteroatoms. The summed E-state index contributed by atoms with van der Waals surface area (Å²) in [6, 6.07) is 0. The summed E-state index contributed by atoms with van der Waals surface area (Å²) >= 11 is 0. The second-order valence-electron chi connectivity index (χ2n) is 7.33. The molecule has 98 valence electrons. The predicted octanol–water partition coefficient (Wildman–Crippen LogP) is -4.70. The average molecular weight is 242 g/mol. The van der Waals surface area contributed by atoms with E-state index in [1.807, 2.05) is 0 Å². The van der Waals surface area contributed by atoms with E-state index in [-0.39, 0.29) is 5.41 Å². The van der Waals surface area contributed by atoms with Crippen molar-refractivity contribution >= 4 is 0 Å². The van der Waals surface area contributed by atoms with Crippen molar-refractivity contribution in [2.24, 2.45) is 11.3 Å². The Hall–Kier alpha value is -0.160. The zero-order valence-corrected chi connectivity index (χ0v) is 11.5. The van der Waals surface area contributed by atoms with Crippen LogP contribution in [0, 0.1) is 11.3 Å². The summed E-state index contributed by atoms with van der Waals surface area (Å²) < 4.78 is 0. The SMILES string of the molecule is C[NH+](C)C[C@@]1(O)C2C[NH+]3CC[NH+](C2)CC1(C)C3. The molecule has 4 bridgehead atoms. The highest BCUT2D eigenvalue weighted by Crippen LogP contribution is 2.38. The molecule has 4 fully saturated rings. The van der Waals surface area contributed by atoms with Crippen LogP contribution in [0.2, 0.25) is 0 Å². The lowest BCUT2D eigenvalue weighted by Crippen LogP contribution is -3.20. The van der Waals surface area contributed by atoms with Gasteiger partial charge in [-0.2, -0.15) is 0 Å². The summed E-state index contributed by atoms with van der Waals surface area (Å²) in [5.74, 6) is 0.511. The van der Waals surface area contributed by atoms with E-state index in [0.717, 1.165) is 6.54 Å². The van der Waals surface area contributed by atoms with Gasteiger partial charge in [-0.25, -0.2) is 0 Å². The van der Waals surface area contributed by atoms with Gasteiger partial charge in [-0.05, 0) is 6.92 Å². The first-order valence-electron chi connectivity index (χ1n) is 7.11. The first-order valence-corrected chi connectivity index (χ1v) is 7.11. The minimum absolute atomic E-state index is 0.132. The van der Waals surface area contributed by atoms with E-state index in [2.05, 4.69) is 21.0 Å². The summed E-state index contributed by atoms with van der Waals surface area (Å²) in [5.41, 5.74) is -0.296. The van der Waals surface area contributed by atoms with Gasteiger partial charge in [-0.15, -0.1) is 0 Å². The van der Waals surface area contributed by atoms with Crippen molar-refractivity contribution in [2.45, 2.75) is 12.5 Å². The molecule has 0 aromatic carbocycles. The largest absolute Gasteiger partial charge is 0.382 e. The van der Waals surface area contributed by atoms with Crippen molar-refractivity contribution in [1.82, 2.24) is 0 Å². The monoisotopic (exact) mass is 242 g/mol. The van der Waals surface area contributed by atoms with Crippen LogP contribution >= 0.6 is 0 Å². The molecule has 0 radical (unpaired) electrons. The minimum atomic E-state index is -0.427. The Morgan fingerprint density at radius 1 is 1.18 bits per heavy atom. The number of nitrogens with one attached hydrogen (secondary N) is 3. The zero-order chi connectivity index (χ0) is 12.3. The van der Waals surface area contributed by atoms with Gasteiger partial charge in [0.25, 0.3) is 0 Å². The van der Waals surface area contributed by atoms with Crippen LogP contribution in [0.25, 0.3) is 0 Å². The van der Waals surface area contributed by atoms with Crippen LogP contribution in [0.3, 0.4) is 0 Å². The standard InChI is InChI=1S/C13H25N3O/c1-12-8-15-4-5-16(9-12)7-11(6-15)13(12,17)10-14(2)3/h11,17H,4-10H2,1-3H3/p+3/t11?,12?,13-/m1/s1. The van der Waals surface area contributed by atoms with E-state index in [1.165, 1.54) is 44.2 Å². The lowest BCUT2D eigenvalue weighted by atomic mass is 9.61. The van der Waals surface area contributed by atoms with Crippen LogP contribution < -0.4 is 14.7 Å². The molecule has 17 heavy (non-hydrogen) atoms. The van der Waals surface area contributed by atoms with Crippen molar-refractivity contribution in [2.75, 3.05) is 59.9 Å². The van der Waals surface area contributed by atoms with Crippen LogP contribution in [0.4, 0.5) is 0 Å². The molecule has 4 aliphatic heterocycles. The van der Waals surface area contributed by atoms with E-state index in [9.17, 15) is 5.11 Å². The number of likely N-dealkylation sites (N-methyl/N-ethyl adjacent to an activating group) is 1. The molecule has 0 aliphatic carbocycles. The Labute approximate surface area is 104 Å². The second kappa shape index (κ2) is 3.67. The lowest BCUT2D eigenvalue weighted by Gasteiger charge is -2.54. The Kier molecular flexibility index (Phi) is 2.57. The maximum atomic E-state index is 11.3. The van der Waals surface area contributed by atoms with E-state index < -0.39 is 5.60 Å². The van der Waals surface area contributed by atoms with Crippen molar-refractivity contribution in [3.63, 3.8) is 0 Å². The Morgan fingerprint density at radius 2 is 1.71 bits per heavy atom. The smallest absolute Gasteiger partial charge is 0.143 e. The van der Waals surface area contributed by atoms with Crippen molar-refractivity contribution < 1.29 is 19.8 Å². The molecule has 4 rings (SSSR count). The fourth-order valence-electron chi connectivity index (χ4n) is 4.85. The molecule has 4 N–H and O–H groups in total. The van der Waals surface area contributed by atoms with Crippen molar-refractivity contribution in [3.8, 4) is 0 Å². The van der Waals surface area contributed by atoms with Crippen LogP contribution in [0.5, 0.6) is 0 Å². The summed E-state index contributed by atoms with van der Waals surface area (Å²) in [5, 5.41) is 11.3. The Bertz CT molecular complexity index is 304.